The molecule has 0 saturated carbocycles. The van der Waals surface area contributed by atoms with E-state index in [-0.39, 0.29) is 12.4 Å². The largest absolute Gasteiger partial charge is 0.490 e. The lowest BCUT2D eigenvalue weighted by atomic mass is 10.0. The van der Waals surface area contributed by atoms with Crippen LogP contribution in [0.15, 0.2) is 24.3 Å². The van der Waals surface area contributed by atoms with Crippen molar-refractivity contribution in [3.8, 4) is 5.75 Å². The highest BCUT2D eigenvalue weighted by atomic mass is 35.5. The van der Waals surface area contributed by atoms with Crippen LogP contribution in [0.4, 0.5) is 0 Å². The zero-order valence-electron chi connectivity index (χ0n) is 10.5. The van der Waals surface area contributed by atoms with Gasteiger partial charge in [0.05, 0.1) is 0 Å². The fraction of sp³-hybridized carbons (Fsp3) is 0.571. The van der Waals surface area contributed by atoms with Crippen LogP contribution in [0.1, 0.15) is 25.7 Å². The highest BCUT2D eigenvalue weighted by molar-refractivity contribution is 6.30. The first-order valence-electron chi connectivity index (χ1n) is 6.36. The molecule has 0 aliphatic carbocycles. The minimum absolute atomic E-state index is 0. The van der Waals surface area contributed by atoms with Crippen molar-refractivity contribution < 1.29 is 4.74 Å². The number of hydrogen-bond acceptors (Lipinski definition) is 2. The van der Waals surface area contributed by atoms with Gasteiger partial charge in [-0.2, -0.15) is 0 Å². The van der Waals surface area contributed by atoms with Gasteiger partial charge in [0.25, 0.3) is 0 Å². The van der Waals surface area contributed by atoms with Gasteiger partial charge in [-0.3, -0.25) is 0 Å². The summed E-state index contributed by atoms with van der Waals surface area (Å²) in [7, 11) is 2.25. The van der Waals surface area contributed by atoms with Crippen molar-refractivity contribution in [1.82, 2.24) is 4.90 Å². The van der Waals surface area contributed by atoms with Crippen LogP contribution in [0.25, 0.3) is 0 Å². The summed E-state index contributed by atoms with van der Waals surface area (Å²) in [5, 5.41) is 0.765. The second-order valence-electron chi connectivity index (χ2n) is 5.22. The molecule has 2 bridgehead atoms. The van der Waals surface area contributed by atoms with Crippen molar-refractivity contribution in [3.05, 3.63) is 29.3 Å². The highest BCUT2D eigenvalue weighted by Crippen LogP contribution is 2.35. The van der Waals surface area contributed by atoms with Crippen LogP contribution in [0, 0.1) is 0 Å². The normalized spacial score (nSPS) is 30.9. The summed E-state index contributed by atoms with van der Waals surface area (Å²) in [6.45, 7) is 0. The summed E-state index contributed by atoms with van der Waals surface area (Å²) in [6, 6.07) is 9.16. The molecule has 2 aliphatic rings. The van der Waals surface area contributed by atoms with Crippen molar-refractivity contribution in [2.45, 2.75) is 43.9 Å². The van der Waals surface area contributed by atoms with Crippen LogP contribution in [-0.2, 0) is 0 Å². The first kappa shape index (κ1) is 14.0. The number of benzene rings is 1. The first-order chi connectivity index (χ1) is 8.22. The summed E-state index contributed by atoms with van der Waals surface area (Å²) in [6.07, 6.45) is 5.37. The third-order valence-corrected chi connectivity index (χ3v) is 4.42. The smallest absolute Gasteiger partial charge is 0.119 e. The molecule has 0 amide bonds. The van der Waals surface area contributed by atoms with Crippen molar-refractivity contribution in [3.63, 3.8) is 0 Å². The van der Waals surface area contributed by atoms with E-state index in [1.165, 1.54) is 12.8 Å². The number of fused-ring (bicyclic) bond motifs is 2. The van der Waals surface area contributed by atoms with Crippen LogP contribution >= 0.6 is 24.0 Å². The second kappa shape index (κ2) is 5.68. The van der Waals surface area contributed by atoms with Gasteiger partial charge >= 0.3 is 0 Å². The number of piperidine rings is 1. The Morgan fingerprint density at radius 3 is 2.22 bits per heavy atom. The molecular formula is C14H19Cl2NO. The minimum atomic E-state index is 0. The lowest BCUT2D eigenvalue weighted by molar-refractivity contribution is 0.0662. The van der Waals surface area contributed by atoms with E-state index in [9.17, 15) is 0 Å². The lowest BCUT2D eigenvalue weighted by Gasteiger charge is -2.36. The molecule has 1 aromatic carbocycles. The van der Waals surface area contributed by atoms with Gasteiger partial charge in [0.15, 0.2) is 0 Å². The summed E-state index contributed by atoms with van der Waals surface area (Å²) in [4.78, 5) is 2.53. The van der Waals surface area contributed by atoms with Gasteiger partial charge in [0, 0.05) is 17.1 Å². The molecular weight excluding hydrogens is 269 g/mol. The Morgan fingerprint density at radius 2 is 1.67 bits per heavy atom. The summed E-state index contributed by atoms with van der Waals surface area (Å²) in [5.41, 5.74) is 0. The van der Waals surface area contributed by atoms with E-state index in [2.05, 4.69) is 11.9 Å². The fourth-order valence-corrected chi connectivity index (χ4v) is 3.29. The summed E-state index contributed by atoms with van der Waals surface area (Å²) < 4.78 is 6.05. The van der Waals surface area contributed by atoms with Gasteiger partial charge in [-0.15, -0.1) is 12.4 Å². The molecule has 2 saturated heterocycles. The quantitative estimate of drug-likeness (QED) is 0.821. The van der Waals surface area contributed by atoms with Crippen LogP contribution in [0.2, 0.25) is 5.02 Å². The van der Waals surface area contributed by atoms with Gasteiger partial charge in [0.1, 0.15) is 11.9 Å². The Kier molecular flexibility index (Phi) is 4.41. The van der Waals surface area contributed by atoms with Gasteiger partial charge in [-0.1, -0.05) is 11.6 Å². The molecule has 2 unspecified atom stereocenters. The van der Waals surface area contributed by atoms with Gasteiger partial charge in [-0.25, -0.2) is 0 Å². The van der Waals surface area contributed by atoms with E-state index in [1.807, 2.05) is 24.3 Å². The molecule has 1 aromatic rings. The Hall–Kier alpha value is -0.440. The van der Waals surface area contributed by atoms with E-state index in [0.717, 1.165) is 35.7 Å². The van der Waals surface area contributed by atoms with Crippen LogP contribution in [-0.4, -0.2) is 30.1 Å². The Morgan fingerprint density at radius 1 is 1.11 bits per heavy atom. The third kappa shape index (κ3) is 2.76. The fourth-order valence-electron chi connectivity index (χ4n) is 3.16. The predicted octanol–water partition coefficient (Wildman–Crippen LogP) is 3.77. The molecule has 0 radical (unpaired) electrons. The molecule has 100 valence electrons. The lowest BCUT2D eigenvalue weighted by Crippen LogP contribution is -2.43. The molecule has 2 aliphatic heterocycles. The summed E-state index contributed by atoms with van der Waals surface area (Å²) >= 11 is 5.87. The zero-order valence-corrected chi connectivity index (χ0v) is 12.1. The molecule has 2 heterocycles. The topological polar surface area (TPSA) is 12.5 Å². The highest BCUT2D eigenvalue weighted by Gasteiger charge is 2.39. The Bertz CT molecular complexity index is 381. The van der Waals surface area contributed by atoms with E-state index in [4.69, 9.17) is 16.3 Å². The van der Waals surface area contributed by atoms with E-state index in [1.54, 1.807) is 0 Å². The van der Waals surface area contributed by atoms with Gasteiger partial charge < -0.3 is 9.64 Å². The Balaban J connectivity index is 0.00000120. The zero-order chi connectivity index (χ0) is 11.8. The first-order valence-corrected chi connectivity index (χ1v) is 6.74. The molecule has 18 heavy (non-hydrogen) atoms. The monoisotopic (exact) mass is 287 g/mol. The van der Waals surface area contributed by atoms with Crippen molar-refractivity contribution in [1.29, 1.82) is 0 Å². The molecule has 0 N–H and O–H groups in total. The average molecular weight is 288 g/mol. The molecule has 3 rings (SSSR count). The number of rotatable bonds is 2. The van der Waals surface area contributed by atoms with Crippen LogP contribution in [0.5, 0.6) is 5.75 Å². The maximum Gasteiger partial charge on any atom is 0.119 e. The number of hydrogen-bond donors (Lipinski definition) is 0. The maximum atomic E-state index is 6.05. The van der Waals surface area contributed by atoms with E-state index in [0.29, 0.717) is 6.10 Å². The Labute approximate surface area is 120 Å². The summed E-state index contributed by atoms with van der Waals surface area (Å²) in [5.74, 6) is 0.948. The molecule has 2 atom stereocenters. The van der Waals surface area contributed by atoms with Crippen molar-refractivity contribution >= 4 is 24.0 Å². The number of ether oxygens (including phenoxy) is 1. The maximum absolute atomic E-state index is 6.05. The number of nitrogens with zero attached hydrogens (tertiary/aromatic N) is 1. The van der Waals surface area contributed by atoms with Crippen molar-refractivity contribution in [2.24, 2.45) is 0 Å². The number of halogens is 2. The van der Waals surface area contributed by atoms with E-state index >= 15 is 0 Å². The molecule has 0 spiro atoms. The molecule has 4 heteroatoms. The minimum Gasteiger partial charge on any atom is -0.490 e. The molecule has 0 aromatic heterocycles. The van der Waals surface area contributed by atoms with Gasteiger partial charge in [0.2, 0.25) is 0 Å². The predicted molar refractivity (Wildman–Crippen MR) is 76.9 cm³/mol. The molecule has 2 fully saturated rings. The van der Waals surface area contributed by atoms with Crippen LogP contribution in [0.3, 0.4) is 0 Å². The van der Waals surface area contributed by atoms with Crippen LogP contribution < -0.4 is 4.74 Å². The van der Waals surface area contributed by atoms with E-state index < -0.39 is 0 Å². The van der Waals surface area contributed by atoms with Gasteiger partial charge in [-0.05, 0) is 57.0 Å². The van der Waals surface area contributed by atoms with Crippen molar-refractivity contribution in [2.75, 3.05) is 7.05 Å². The standard InChI is InChI=1S/C14H18ClNO.ClH/c1-16-11-4-5-12(16)9-14(8-11)17-13-6-2-10(15)3-7-13;/h2-3,6-7,11-12,14H,4-5,8-9H2,1H3;1H. The third-order valence-electron chi connectivity index (χ3n) is 4.17. The second-order valence-corrected chi connectivity index (χ2v) is 5.65. The molecule has 2 nitrogen and oxygen atoms in total. The SMILES string of the molecule is CN1C2CCC1CC(Oc1ccc(Cl)cc1)C2.Cl. The average Bonchev–Trinajstić information content (AvgIpc) is 2.55.